The summed E-state index contributed by atoms with van der Waals surface area (Å²) >= 11 is 0. The zero-order valence-corrected chi connectivity index (χ0v) is 33.8. The Hall–Kier alpha value is -1.20. The van der Waals surface area contributed by atoms with Gasteiger partial charge in [-0.3, -0.25) is 0 Å². The van der Waals surface area contributed by atoms with Crippen LogP contribution in [0.4, 0.5) is 0 Å². The van der Waals surface area contributed by atoms with Gasteiger partial charge in [-0.15, -0.1) is 0 Å². The molecule has 1 saturated heterocycles. The third-order valence-corrected chi connectivity index (χ3v) is 10.1. The highest BCUT2D eigenvalue weighted by Crippen LogP contribution is 2.15. The second-order valence-corrected chi connectivity index (χ2v) is 14.8. The van der Waals surface area contributed by atoms with E-state index in [1.165, 1.54) is 141 Å². The molecule has 0 aromatic carbocycles. The van der Waals surface area contributed by atoms with Crippen molar-refractivity contribution in [1.82, 2.24) is 4.90 Å². The average molecular weight is 700 g/mol. The molecule has 1 heterocycles. The predicted molar refractivity (Wildman–Crippen MR) is 220 cm³/mol. The van der Waals surface area contributed by atoms with Crippen LogP contribution in [0, 0.1) is 0 Å². The Bertz CT molecular complexity index is 782. The van der Waals surface area contributed by atoms with E-state index in [1.807, 2.05) is 7.11 Å². The zero-order chi connectivity index (χ0) is 35.8. The molecular formula is C46H85NO3. The molecule has 1 unspecified atom stereocenters. The van der Waals surface area contributed by atoms with Crippen LogP contribution in [0.1, 0.15) is 187 Å². The van der Waals surface area contributed by atoms with Crippen molar-refractivity contribution in [1.29, 1.82) is 0 Å². The first kappa shape index (κ1) is 46.8. The number of hydrogen-bond donors (Lipinski definition) is 0. The standard InChI is InChI=1S/C46H85NO3/c1-4-6-8-10-12-14-16-18-20-22-24-26-28-30-32-34-42-49-44-46(38-41-47-39-36-45(48-3)37-40-47)50-43-35-33-31-29-27-25-23-21-19-17-15-13-11-9-7-5-2/h12-15,18-21,45-46H,4-11,16-17,22-44H2,1-3H3/b14-12-,15-13-,20-18-,21-19-. The van der Waals surface area contributed by atoms with Gasteiger partial charge in [0.1, 0.15) is 0 Å². The molecule has 292 valence electrons. The summed E-state index contributed by atoms with van der Waals surface area (Å²) in [6, 6.07) is 0. The monoisotopic (exact) mass is 700 g/mol. The van der Waals surface area contributed by atoms with E-state index in [-0.39, 0.29) is 6.10 Å². The molecule has 0 radical (unpaired) electrons. The number of ether oxygens (including phenoxy) is 3. The largest absolute Gasteiger partial charge is 0.381 e. The SMILES string of the molecule is CCCCC/C=C\C/C=C\CCCCCCCCOCC(CCN1CCC(OC)CC1)OCCCCCCCC/C=C\C/C=C\CCCCC. The van der Waals surface area contributed by atoms with Crippen LogP contribution in [0.25, 0.3) is 0 Å². The van der Waals surface area contributed by atoms with Gasteiger partial charge < -0.3 is 19.1 Å². The first-order valence-electron chi connectivity index (χ1n) is 21.8. The Balaban J connectivity index is 2.09. The number of nitrogens with zero attached hydrogens (tertiary/aromatic N) is 1. The summed E-state index contributed by atoms with van der Waals surface area (Å²) in [5, 5.41) is 0. The second-order valence-electron chi connectivity index (χ2n) is 14.8. The molecule has 1 aliphatic rings. The summed E-state index contributed by atoms with van der Waals surface area (Å²) in [7, 11) is 1.85. The minimum absolute atomic E-state index is 0.220. The predicted octanol–water partition coefficient (Wildman–Crippen LogP) is 13.5. The minimum Gasteiger partial charge on any atom is -0.381 e. The molecular weight excluding hydrogens is 615 g/mol. The Morgan fingerprint density at radius 3 is 1.46 bits per heavy atom. The maximum absolute atomic E-state index is 6.43. The first-order valence-corrected chi connectivity index (χ1v) is 21.8. The maximum Gasteiger partial charge on any atom is 0.0820 e. The Morgan fingerprint density at radius 1 is 0.540 bits per heavy atom. The van der Waals surface area contributed by atoms with Crippen molar-refractivity contribution in [2.24, 2.45) is 0 Å². The van der Waals surface area contributed by atoms with Crippen LogP contribution in [0.15, 0.2) is 48.6 Å². The van der Waals surface area contributed by atoms with Gasteiger partial charge >= 0.3 is 0 Å². The highest BCUT2D eigenvalue weighted by Gasteiger charge is 2.20. The smallest absolute Gasteiger partial charge is 0.0820 e. The van der Waals surface area contributed by atoms with Gasteiger partial charge in [-0.1, -0.05) is 140 Å². The third kappa shape index (κ3) is 32.7. The molecule has 0 aromatic heterocycles. The summed E-state index contributed by atoms with van der Waals surface area (Å²) in [4.78, 5) is 2.59. The van der Waals surface area contributed by atoms with Crippen LogP contribution in [0.3, 0.4) is 0 Å². The van der Waals surface area contributed by atoms with Crippen LogP contribution in [-0.2, 0) is 14.2 Å². The molecule has 0 bridgehead atoms. The fraction of sp³-hybridized carbons (Fsp3) is 0.826. The Morgan fingerprint density at radius 2 is 0.980 bits per heavy atom. The van der Waals surface area contributed by atoms with Gasteiger partial charge in [-0.25, -0.2) is 0 Å². The van der Waals surface area contributed by atoms with E-state index in [9.17, 15) is 0 Å². The van der Waals surface area contributed by atoms with E-state index in [2.05, 4.69) is 67.4 Å². The van der Waals surface area contributed by atoms with Crippen molar-refractivity contribution in [3.05, 3.63) is 48.6 Å². The molecule has 0 spiro atoms. The summed E-state index contributed by atoms with van der Waals surface area (Å²) < 4.78 is 18.2. The van der Waals surface area contributed by atoms with Crippen molar-refractivity contribution in [2.45, 2.75) is 199 Å². The van der Waals surface area contributed by atoms with Crippen LogP contribution >= 0.6 is 0 Å². The fourth-order valence-corrected chi connectivity index (χ4v) is 6.66. The summed E-state index contributed by atoms with van der Waals surface area (Å²) in [6.45, 7) is 10.4. The van der Waals surface area contributed by atoms with E-state index in [4.69, 9.17) is 14.2 Å². The lowest BCUT2D eigenvalue weighted by atomic mass is 10.1. The van der Waals surface area contributed by atoms with Gasteiger partial charge in [0.2, 0.25) is 0 Å². The number of piperidine rings is 1. The Kier molecular flexibility index (Phi) is 36.5. The van der Waals surface area contributed by atoms with Crippen molar-refractivity contribution < 1.29 is 14.2 Å². The number of likely N-dealkylation sites (tertiary alicyclic amines) is 1. The van der Waals surface area contributed by atoms with Crippen molar-refractivity contribution in [3.63, 3.8) is 0 Å². The summed E-state index contributed by atoms with van der Waals surface area (Å²) in [5.74, 6) is 0. The Labute approximate surface area is 312 Å². The molecule has 0 saturated carbocycles. The minimum atomic E-state index is 0.220. The number of unbranched alkanes of at least 4 members (excludes halogenated alkanes) is 18. The van der Waals surface area contributed by atoms with E-state index >= 15 is 0 Å². The molecule has 4 heteroatoms. The number of allylic oxidation sites excluding steroid dienone is 8. The van der Waals surface area contributed by atoms with Crippen LogP contribution in [0.2, 0.25) is 0 Å². The molecule has 0 aliphatic carbocycles. The topological polar surface area (TPSA) is 30.9 Å². The van der Waals surface area contributed by atoms with E-state index < -0.39 is 0 Å². The number of methoxy groups -OCH3 is 1. The third-order valence-electron chi connectivity index (χ3n) is 10.1. The lowest BCUT2D eigenvalue weighted by molar-refractivity contribution is -0.0295. The van der Waals surface area contributed by atoms with Gasteiger partial charge in [0, 0.05) is 40.0 Å². The average Bonchev–Trinajstić information content (AvgIpc) is 3.14. The highest BCUT2D eigenvalue weighted by atomic mass is 16.5. The van der Waals surface area contributed by atoms with Crippen LogP contribution in [-0.4, -0.2) is 63.7 Å². The van der Waals surface area contributed by atoms with Crippen LogP contribution < -0.4 is 0 Å². The van der Waals surface area contributed by atoms with Crippen molar-refractivity contribution in [2.75, 3.05) is 46.6 Å². The zero-order valence-electron chi connectivity index (χ0n) is 33.8. The van der Waals surface area contributed by atoms with Gasteiger partial charge in [-0.2, -0.15) is 0 Å². The van der Waals surface area contributed by atoms with Crippen molar-refractivity contribution >= 4 is 0 Å². The quantitative estimate of drug-likeness (QED) is 0.0477. The summed E-state index contributed by atoms with van der Waals surface area (Å²) in [5.41, 5.74) is 0. The van der Waals surface area contributed by atoms with Gasteiger partial charge in [0.05, 0.1) is 18.8 Å². The summed E-state index contributed by atoms with van der Waals surface area (Å²) in [6.07, 6.45) is 53.6. The molecule has 4 nitrogen and oxygen atoms in total. The van der Waals surface area contributed by atoms with Gasteiger partial charge in [-0.05, 0) is 96.3 Å². The number of rotatable bonds is 37. The molecule has 1 atom stereocenters. The molecule has 0 N–H and O–H groups in total. The molecule has 0 aromatic rings. The van der Waals surface area contributed by atoms with Gasteiger partial charge in [0.15, 0.2) is 0 Å². The van der Waals surface area contributed by atoms with E-state index in [1.54, 1.807) is 0 Å². The molecule has 50 heavy (non-hydrogen) atoms. The normalized spacial score (nSPS) is 15.6. The van der Waals surface area contributed by atoms with E-state index in [0.29, 0.717) is 6.10 Å². The van der Waals surface area contributed by atoms with Gasteiger partial charge in [0.25, 0.3) is 0 Å². The molecule has 1 rings (SSSR count). The lowest BCUT2D eigenvalue weighted by Crippen LogP contribution is -2.38. The molecule has 0 amide bonds. The first-order chi connectivity index (χ1) is 24.8. The number of hydrogen-bond acceptors (Lipinski definition) is 4. The maximum atomic E-state index is 6.43. The molecule has 1 fully saturated rings. The van der Waals surface area contributed by atoms with Crippen LogP contribution in [0.5, 0.6) is 0 Å². The highest BCUT2D eigenvalue weighted by molar-refractivity contribution is 4.93. The molecule has 1 aliphatic heterocycles. The van der Waals surface area contributed by atoms with E-state index in [0.717, 1.165) is 71.6 Å². The fourth-order valence-electron chi connectivity index (χ4n) is 6.66. The second kappa shape index (κ2) is 39.0. The lowest BCUT2D eigenvalue weighted by Gasteiger charge is -2.32. The van der Waals surface area contributed by atoms with Crippen molar-refractivity contribution in [3.8, 4) is 0 Å².